The highest BCUT2D eigenvalue weighted by atomic mass is 19.4. The highest BCUT2D eigenvalue weighted by molar-refractivity contribution is 6.03. The quantitative estimate of drug-likeness (QED) is 0.497. The summed E-state index contributed by atoms with van der Waals surface area (Å²) in [5.41, 5.74) is 3.23. The molecule has 0 radical (unpaired) electrons. The average molecular weight is 473 g/mol. The number of alkyl halides is 3. The minimum absolute atomic E-state index is 0.0963. The predicted molar refractivity (Wildman–Crippen MR) is 121 cm³/mol. The van der Waals surface area contributed by atoms with Gasteiger partial charge < -0.3 is 16.0 Å². The Hall–Kier alpha value is -3.56. The van der Waals surface area contributed by atoms with Crippen LogP contribution in [0, 0.1) is 12.8 Å². The minimum Gasteiger partial charge on any atom is -0.335 e. The lowest BCUT2D eigenvalue weighted by molar-refractivity contribution is -0.183. The second-order valence-corrected chi connectivity index (χ2v) is 8.60. The average Bonchev–Trinajstić information content (AvgIpc) is 3.23. The Morgan fingerprint density at radius 1 is 1.18 bits per heavy atom. The van der Waals surface area contributed by atoms with Gasteiger partial charge in [-0.1, -0.05) is 24.6 Å². The number of nitrogens with one attached hydrogen (secondary N) is 3. The molecule has 1 aliphatic carbocycles. The van der Waals surface area contributed by atoms with Crippen molar-refractivity contribution in [2.24, 2.45) is 5.92 Å². The Morgan fingerprint density at radius 2 is 2.00 bits per heavy atom. The monoisotopic (exact) mass is 473 g/mol. The van der Waals surface area contributed by atoms with E-state index in [4.69, 9.17) is 0 Å². The van der Waals surface area contributed by atoms with Gasteiger partial charge >= 0.3 is 12.2 Å². The first-order valence-corrected chi connectivity index (χ1v) is 11.1. The molecule has 4 rings (SSSR count). The fourth-order valence-electron chi connectivity index (χ4n) is 4.24. The Bertz CT molecular complexity index is 1190. The number of hydrogen-bond donors (Lipinski definition) is 3. The molecule has 0 aliphatic heterocycles. The maximum atomic E-state index is 13.0. The number of anilines is 1. The van der Waals surface area contributed by atoms with Crippen molar-refractivity contribution in [2.45, 2.75) is 51.4 Å². The topological polar surface area (TPSA) is 87.5 Å². The summed E-state index contributed by atoms with van der Waals surface area (Å²) in [7, 11) is 0. The number of nitrogens with zero attached hydrogens (tertiary/aromatic N) is 2. The van der Waals surface area contributed by atoms with Crippen molar-refractivity contribution in [1.29, 1.82) is 0 Å². The van der Waals surface area contributed by atoms with Gasteiger partial charge in [-0.15, -0.1) is 0 Å². The summed E-state index contributed by atoms with van der Waals surface area (Å²) in [6.07, 6.45) is 0.00316. The molecule has 1 aliphatic rings. The van der Waals surface area contributed by atoms with E-state index in [9.17, 15) is 22.8 Å². The summed E-state index contributed by atoms with van der Waals surface area (Å²) < 4.78 is 40.6. The number of hydrogen-bond acceptors (Lipinski definition) is 3. The lowest BCUT2D eigenvalue weighted by Gasteiger charge is -2.31. The molecule has 0 bridgehead atoms. The van der Waals surface area contributed by atoms with Gasteiger partial charge in [0.2, 0.25) is 0 Å². The van der Waals surface area contributed by atoms with Crippen molar-refractivity contribution < 1.29 is 22.8 Å². The molecule has 7 nitrogen and oxygen atoms in total. The van der Waals surface area contributed by atoms with Gasteiger partial charge in [0.25, 0.3) is 5.91 Å². The van der Waals surface area contributed by atoms with Crippen LogP contribution in [0.1, 0.15) is 47.3 Å². The van der Waals surface area contributed by atoms with Gasteiger partial charge in [0.15, 0.2) is 0 Å². The molecule has 1 fully saturated rings. The molecule has 2 aromatic heterocycles. The smallest absolute Gasteiger partial charge is 0.335 e. The summed E-state index contributed by atoms with van der Waals surface area (Å²) in [5, 5.41) is 8.23. The molecule has 34 heavy (non-hydrogen) atoms. The Balaban J connectivity index is 1.35. The SMILES string of the molecule is Cc1ccc(CNC(=O)NC2CCCC(C(F)(F)F)C2)cc1NC(=O)c1cnc2ccccn12. The summed E-state index contributed by atoms with van der Waals surface area (Å²) in [6.45, 7) is 2.02. The van der Waals surface area contributed by atoms with Crippen LogP contribution in [-0.2, 0) is 6.54 Å². The van der Waals surface area contributed by atoms with Crippen molar-refractivity contribution >= 4 is 23.3 Å². The van der Waals surface area contributed by atoms with Crippen molar-refractivity contribution in [2.75, 3.05) is 5.32 Å². The van der Waals surface area contributed by atoms with E-state index < -0.39 is 24.2 Å². The number of aromatic nitrogens is 2. The number of benzene rings is 1. The Morgan fingerprint density at radius 3 is 2.79 bits per heavy atom. The normalized spacial score (nSPS) is 18.5. The Labute approximate surface area is 194 Å². The molecule has 0 saturated heterocycles. The minimum atomic E-state index is -4.23. The summed E-state index contributed by atoms with van der Waals surface area (Å²) in [6, 6.07) is 9.85. The molecule has 1 aromatic carbocycles. The molecule has 2 unspecified atom stereocenters. The Kier molecular flexibility index (Phi) is 6.76. The molecular weight excluding hydrogens is 447 g/mol. The number of carbonyl (C=O) groups excluding carboxylic acids is 2. The van der Waals surface area contributed by atoms with Crippen molar-refractivity contribution in [1.82, 2.24) is 20.0 Å². The fraction of sp³-hybridized carbons (Fsp3) is 0.375. The van der Waals surface area contributed by atoms with E-state index in [1.165, 1.54) is 6.20 Å². The van der Waals surface area contributed by atoms with Crippen molar-refractivity contribution in [3.63, 3.8) is 0 Å². The van der Waals surface area contributed by atoms with Gasteiger partial charge in [0.05, 0.1) is 12.1 Å². The predicted octanol–water partition coefficient (Wildman–Crippen LogP) is 4.82. The van der Waals surface area contributed by atoms with Crippen LogP contribution in [0.25, 0.3) is 5.65 Å². The van der Waals surface area contributed by atoms with Gasteiger partial charge in [0.1, 0.15) is 11.3 Å². The molecular formula is C24H26F3N5O2. The molecule has 1 saturated carbocycles. The van der Waals surface area contributed by atoms with Gasteiger partial charge in [0, 0.05) is 24.5 Å². The van der Waals surface area contributed by atoms with Crippen LogP contribution in [0.3, 0.4) is 0 Å². The van der Waals surface area contributed by atoms with Gasteiger partial charge in [-0.2, -0.15) is 13.2 Å². The third-order valence-corrected chi connectivity index (χ3v) is 6.13. The van der Waals surface area contributed by atoms with E-state index in [0.717, 1.165) is 11.1 Å². The van der Waals surface area contributed by atoms with Gasteiger partial charge in [-0.3, -0.25) is 9.20 Å². The summed E-state index contributed by atoms with van der Waals surface area (Å²) in [5.74, 6) is -1.69. The number of urea groups is 1. The zero-order chi connectivity index (χ0) is 24.3. The fourth-order valence-corrected chi connectivity index (χ4v) is 4.24. The van der Waals surface area contributed by atoms with E-state index in [1.54, 1.807) is 22.7 Å². The maximum absolute atomic E-state index is 13.0. The molecule has 10 heteroatoms. The first-order chi connectivity index (χ1) is 16.2. The highest BCUT2D eigenvalue weighted by Crippen LogP contribution is 2.37. The molecule has 3 amide bonds. The number of halogens is 3. The van der Waals surface area contributed by atoms with Gasteiger partial charge in [-0.05, 0) is 55.5 Å². The van der Waals surface area contributed by atoms with Gasteiger partial charge in [-0.25, -0.2) is 9.78 Å². The van der Waals surface area contributed by atoms with E-state index >= 15 is 0 Å². The molecule has 180 valence electrons. The number of imidazole rings is 1. The molecule has 3 aromatic rings. The number of carbonyl (C=O) groups is 2. The first-order valence-electron chi connectivity index (χ1n) is 11.1. The third-order valence-electron chi connectivity index (χ3n) is 6.13. The van der Waals surface area contributed by atoms with Crippen LogP contribution in [0.4, 0.5) is 23.7 Å². The van der Waals surface area contributed by atoms with Crippen LogP contribution >= 0.6 is 0 Å². The number of fused-ring (bicyclic) bond motifs is 1. The van der Waals surface area contributed by atoms with E-state index in [0.29, 0.717) is 29.9 Å². The number of pyridine rings is 1. The maximum Gasteiger partial charge on any atom is 0.391 e. The van der Waals surface area contributed by atoms with E-state index in [1.807, 2.05) is 31.2 Å². The first kappa shape index (κ1) is 23.6. The lowest BCUT2D eigenvalue weighted by atomic mass is 9.85. The zero-order valence-electron chi connectivity index (χ0n) is 18.7. The van der Waals surface area contributed by atoms with Crippen molar-refractivity contribution in [3.05, 3.63) is 65.6 Å². The number of amides is 3. The molecule has 3 N–H and O–H groups in total. The van der Waals surface area contributed by atoms with Crippen LogP contribution in [0.5, 0.6) is 0 Å². The molecule has 0 spiro atoms. The largest absolute Gasteiger partial charge is 0.391 e. The molecule has 2 atom stereocenters. The van der Waals surface area contributed by atoms with Crippen LogP contribution in [-0.4, -0.2) is 33.5 Å². The summed E-state index contributed by atoms with van der Waals surface area (Å²) in [4.78, 5) is 29.3. The van der Waals surface area contributed by atoms with E-state index in [-0.39, 0.29) is 25.3 Å². The highest BCUT2D eigenvalue weighted by Gasteiger charge is 2.42. The molecule has 2 heterocycles. The van der Waals surface area contributed by atoms with Crippen LogP contribution < -0.4 is 16.0 Å². The number of aryl methyl sites for hydroxylation is 1. The number of rotatable bonds is 5. The third kappa shape index (κ3) is 5.49. The standard InChI is InChI=1S/C24H26F3N5O2/c1-15-8-9-16(13-29-23(34)30-18-6-4-5-17(12-18)24(25,26)27)11-19(15)31-22(33)20-14-28-21-7-2-3-10-32(20)21/h2-3,7-11,14,17-18H,4-6,12-13H2,1H3,(H,31,33)(H2,29,30,34). The summed E-state index contributed by atoms with van der Waals surface area (Å²) >= 11 is 0. The van der Waals surface area contributed by atoms with E-state index in [2.05, 4.69) is 20.9 Å². The van der Waals surface area contributed by atoms with Crippen LogP contribution in [0.15, 0.2) is 48.8 Å². The lowest BCUT2D eigenvalue weighted by Crippen LogP contribution is -2.45. The second-order valence-electron chi connectivity index (χ2n) is 8.60. The van der Waals surface area contributed by atoms with Crippen molar-refractivity contribution in [3.8, 4) is 0 Å². The zero-order valence-corrected chi connectivity index (χ0v) is 18.7. The second kappa shape index (κ2) is 9.74. The van der Waals surface area contributed by atoms with Crippen LogP contribution in [0.2, 0.25) is 0 Å².